The van der Waals surface area contributed by atoms with Crippen molar-refractivity contribution in [3.63, 3.8) is 0 Å². The molecule has 22 heavy (non-hydrogen) atoms. The molecule has 2 nitrogen and oxygen atoms in total. The van der Waals surface area contributed by atoms with Crippen LogP contribution in [0.25, 0.3) is 0 Å². The molecule has 0 heterocycles. The van der Waals surface area contributed by atoms with Crippen molar-refractivity contribution in [2.75, 3.05) is 0 Å². The minimum absolute atomic E-state index is 0.258. The first-order valence-electron chi connectivity index (χ1n) is 8.24. The summed E-state index contributed by atoms with van der Waals surface area (Å²) in [6.07, 6.45) is 28.4. The Labute approximate surface area is 135 Å². The van der Waals surface area contributed by atoms with E-state index in [4.69, 9.17) is 5.11 Å². The minimum Gasteiger partial charge on any atom is -0.481 e. The molecule has 0 amide bonds. The highest BCUT2D eigenvalue weighted by molar-refractivity contribution is 5.66. The second-order valence-electron chi connectivity index (χ2n) is 4.99. The number of carbonyl (C=O) groups is 1. The Bertz CT molecular complexity index is 398. The summed E-state index contributed by atoms with van der Waals surface area (Å²) in [5.41, 5.74) is 0. The van der Waals surface area contributed by atoms with Gasteiger partial charge in [0.05, 0.1) is 0 Å². The fourth-order valence-electron chi connectivity index (χ4n) is 1.74. The van der Waals surface area contributed by atoms with E-state index in [9.17, 15) is 4.79 Å². The van der Waals surface area contributed by atoms with Crippen molar-refractivity contribution in [3.8, 4) is 0 Å². The molecule has 0 spiro atoms. The summed E-state index contributed by atoms with van der Waals surface area (Å²) >= 11 is 0. The van der Waals surface area contributed by atoms with Crippen LogP contribution in [-0.4, -0.2) is 11.1 Å². The molecular weight excluding hydrogens is 272 g/mol. The molecule has 0 aromatic carbocycles. The zero-order valence-corrected chi connectivity index (χ0v) is 13.8. The largest absolute Gasteiger partial charge is 0.481 e. The molecule has 1 N–H and O–H groups in total. The van der Waals surface area contributed by atoms with Crippen molar-refractivity contribution >= 4 is 5.97 Å². The molecule has 0 aromatic heterocycles. The van der Waals surface area contributed by atoms with Crippen LogP contribution in [0.1, 0.15) is 58.3 Å². The van der Waals surface area contributed by atoms with E-state index in [1.807, 2.05) is 0 Å². The summed E-state index contributed by atoms with van der Waals surface area (Å²) in [5, 5.41) is 8.49. The van der Waals surface area contributed by atoms with Crippen LogP contribution in [0.4, 0.5) is 0 Å². The zero-order chi connectivity index (χ0) is 16.3. The maximum absolute atomic E-state index is 10.3. The van der Waals surface area contributed by atoms with Gasteiger partial charge in [0.2, 0.25) is 0 Å². The molecular formula is C20H30O2. The number of carboxylic acid groups (broad SMARTS) is 1. The monoisotopic (exact) mass is 302 g/mol. The van der Waals surface area contributed by atoms with Crippen LogP contribution >= 0.6 is 0 Å². The van der Waals surface area contributed by atoms with Crippen LogP contribution in [-0.2, 0) is 4.79 Å². The Hall–Kier alpha value is -1.83. The van der Waals surface area contributed by atoms with Crippen molar-refractivity contribution in [2.24, 2.45) is 0 Å². The SMILES string of the molecule is CCC=CCC=CCC=CC/C=C\C/C=C/CCCC(=O)O. The number of allylic oxidation sites excluding steroid dienone is 10. The molecule has 0 aliphatic carbocycles. The van der Waals surface area contributed by atoms with Gasteiger partial charge in [0.15, 0.2) is 0 Å². The van der Waals surface area contributed by atoms with Crippen LogP contribution in [0.3, 0.4) is 0 Å². The summed E-state index contributed by atoms with van der Waals surface area (Å²) in [7, 11) is 0. The van der Waals surface area contributed by atoms with Gasteiger partial charge in [-0.1, -0.05) is 67.7 Å². The number of hydrogen-bond donors (Lipinski definition) is 1. The van der Waals surface area contributed by atoms with E-state index >= 15 is 0 Å². The molecule has 0 atom stereocenters. The number of hydrogen-bond acceptors (Lipinski definition) is 1. The third kappa shape index (κ3) is 18.2. The smallest absolute Gasteiger partial charge is 0.303 e. The Morgan fingerprint density at radius 3 is 1.55 bits per heavy atom. The molecule has 0 aliphatic heterocycles. The first-order chi connectivity index (χ1) is 10.8. The highest BCUT2D eigenvalue weighted by atomic mass is 16.4. The maximum Gasteiger partial charge on any atom is 0.303 e. The second-order valence-corrected chi connectivity index (χ2v) is 4.99. The standard InChI is InChI=1S/C20H30O2/c1-2-3-4-5-6-7-8-9-10-11-12-13-14-15-16-17-18-19-20(21)22/h3-4,6-7,9-10,12-13,15-16H,2,5,8,11,14,17-19H2,1H3,(H,21,22)/b4-3?,7-6?,10-9?,13-12-,16-15+. The number of unbranched alkanes of at least 4 members (excludes halogenated alkanes) is 1. The Kier molecular flexibility index (Phi) is 15.8. The van der Waals surface area contributed by atoms with Crippen molar-refractivity contribution in [2.45, 2.75) is 58.3 Å². The van der Waals surface area contributed by atoms with Crippen LogP contribution < -0.4 is 0 Å². The van der Waals surface area contributed by atoms with Crippen LogP contribution in [0.2, 0.25) is 0 Å². The molecule has 0 unspecified atom stereocenters. The van der Waals surface area contributed by atoms with Crippen molar-refractivity contribution < 1.29 is 9.90 Å². The molecule has 2 heteroatoms. The third-order valence-corrected chi connectivity index (χ3v) is 2.92. The summed E-state index contributed by atoms with van der Waals surface area (Å²) in [4.78, 5) is 10.3. The van der Waals surface area contributed by atoms with Crippen molar-refractivity contribution in [1.82, 2.24) is 0 Å². The van der Waals surface area contributed by atoms with Gasteiger partial charge < -0.3 is 5.11 Å². The lowest BCUT2D eigenvalue weighted by molar-refractivity contribution is -0.137. The Balaban J connectivity index is 3.46. The average Bonchev–Trinajstić information content (AvgIpc) is 2.50. The van der Waals surface area contributed by atoms with Gasteiger partial charge >= 0.3 is 5.97 Å². The molecule has 0 radical (unpaired) electrons. The van der Waals surface area contributed by atoms with Crippen LogP contribution in [0.5, 0.6) is 0 Å². The van der Waals surface area contributed by atoms with Gasteiger partial charge in [0.1, 0.15) is 0 Å². The minimum atomic E-state index is -0.715. The van der Waals surface area contributed by atoms with E-state index in [0.717, 1.165) is 44.9 Å². The van der Waals surface area contributed by atoms with Crippen LogP contribution in [0, 0.1) is 0 Å². The van der Waals surface area contributed by atoms with Crippen LogP contribution in [0.15, 0.2) is 60.8 Å². The highest BCUT2D eigenvalue weighted by Gasteiger charge is 1.92. The molecule has 0 aromatic rings. The van der Waals surface area contributed by atoms with Gasteiger partial charge in [-0.25, -0.2) is 0 Å². The van der Waals surface area contributed by atoms with Gasteiger partial charge in [-0.05, 0) is 44.9 Å². The van der Waals surface area contributed by atoms with Crippen molar-refractivity contribution in [3.05, 3.63) is 60.8 Å². The van der Waals surface area contributed by atoms with E-state index in [-0.39, 0.29) is 6.42 Å². The lowest BCUT2D eigenvalue weighted by Gasteiger charge is -1.89. The van der Waals surface area contributed by atoms with E-state index in [2.05, 4.69) is 67.7 Å². The third-order valence-electron chi connectivity index (χ3n) is 2.92. The number of rotatable bonds is 13. The first-order valence-corrected chi connectivity index (χ1v) is 8.24. The topological polar surface area (TPSA) is 37.3 Å². The quantitative estimate of drug-likeness (QED) is 0.335. The Morgan fingerprint density at radius 2 is 1.14 bits per heavy atom. The lowest BCUT2D eigenvalue weighted by Crippen LogP contribution is -1.92. The second kappa shape index (κ2) is 17.2. The molecule has 122 valence electrons. The fraction of sp³-hybridized carbons (Fsp3) is 0.450. The first kappa shape index (κ1) is 20.2. The van der Waals surface area contributed by atoms with Gasteiger partial charge in [-0.3, -0.25) is 4.79 Å². The highest BCUT2D eigenvalue weighted by Crippen LogP contribution is 1.99. The maximum atomic E-state index is 10.3. The van der Waals surface area contributed by atoms with Gasteiger partial charge in [-0.15, -0.1) is 0 Å². The molecule has 0 saturated heterocycles. The predicted octanol–water partition coefficient (Wildman–Crippen LogP) is 5.99. The summed E-state index contributed by atoms with van der Waals surface area (Å²) < 4.78 is 0. The summed E-state index contributed by atoms with van der Waals surface area (Å²) in [6.45, 7) is 2.14. The zero-order valence-electron chi connectivity index (χ0n) is 13.8. The van der Waals surface area contributed by atoms with E-state index in [1.54, 1.807) is 0 Å². The number of aliphatic carboxylic acids is 1. The van der Waals surface area contributed by atoms with Gasteiger partial charge in [0, 0.05) is 6.42 Å². The lowest BCUT2D eigenvalue weighted by atomic mass is 10.2. The Morgan fingerprint density at radius 1 is 0.727 bits per heavy atom. The fourth-order valence-corrected chi connectivity index (χ4v) is 1.74. The molecule has 0 saturated carbocycles. The molecule has 0 fully saturated rings. The predicted molar refractivity (Wildman–Crippen MR) is 95.9 cm³/mol. The van der Waals surface area contributed by atoms with Gasteiger partial charge in [-0.2, -0.15) is 0 Å². The average molecular weight is 302 g/mol. The molecule has 0 aliphatic rings. The molecule has 0 rings (SSSR count). The van der Waals surface area contributed by atoms with E-state index in [1.165, 1.54) is 0 Å². The summed E-state index contributed by atoms with van der Waals surface area (Å²) in [5.74, 6) is -0.715. The van der Waals surface area contributed by atoms with E-state index < -0.39 is 5.97 Å². The van der Waals surface area contributed by atoms with Crippen molar-refractivity contribution in [1.29, 1.82) is 0 Å². The van der Waals surface area contributed by atoms with Gasteiger partial charge in [0.25, 0.3) is 0 Å². The summed E-state index contributed by atoms with van der Waals surface area (Å²) in [6, 6.07) is 0. The van der Waals surface area contributed by atoms with E-state index in [0.29, 0.717) is 0 Å². The number of carboxylic acids is 1. The molecule has 0 bridgehead atoms. The normalized spacial score (nSPS) is 12.8.